The maximum absolute atomic E-state index is 13.3. The second-order valence-electron chi connectivity index (χ2n) is 7.10. The highest BCUT2D eigenvalue weighted by molar-refractivity contribution is 7.89. The lowest BCUT2D eigenvalue weighted by atomic mass is 9.96. The second-order valence-corrected chi connectivity index (χ2v) is 8.96. The summed E-state index contributed by atoms with van der Waals surface area (Å²) in [5.74, 6) is 0. The van der Waals surface area contributed by atoms with Crippen molar-refractivity contribution >= 4 is 20.8 Å². The Morgan fingerprint density at radius 3 is 2.46 bits per heavy atom. The molecule has 6 heteroatoms. The van der Waals surface area contributed by atoms with Gasteiger partial charge in [0, 0.05) is 18.2 Å². The minimum absolute atomic E-state index is 0.0933. The zero-order valence-electron chi connectivity index (χ0n) is 15.4. The molecular formula is C22H23NO4S. The van der Waals surface area contributed by atoms with Crippen LogP contribution in [0.15, 0.2) is 71.6 Å². The van der Waals surface area contributed by atoms with E-state index in [9.17, 15) is 18.6 Å². The van der Waals surface area contributed by atoms with Crippen LogP contribution in [-0.4, -0.2) is 42.1 Å². The maximum Gasteiger partial charge on any atom is 0.243 e. The molecule has 1 fully saturated rings. The third-order valence-corrected chi connectivity index (χ3v) is 7.48. The lowest BCUT2D eigenvalue weighted by Crippen LogP contribution is -2.38. The molecule has 4 rings (SSSR count). The van der Waals surface area contributed by atoms with Gasteiger partial charge in [-0.1, -0.05) is 60.7 Å². The Labute approximate surface area is 164 Å². The third kappa shape index (κ3) is 3.22. The van der Waals surface area contributed by atoms with E-state index in [0.717, 1.165) is 17.2 Å². The molecule has 1 heterocycles. The van der Waals surface area contributed by atoms with Gasteiger partial charge in [-0.25, -0.2) is 8.42 Å². The first-order valence-electron chi connectivity index (χ1n) is 9.41. The first-order valence-corrected chi connectivity index (χ1v) is 10.9. The zero-order chi connectivity index (χ0) is 19.7. The molecule has 2 atom stereocenters. The number of aliphatic hydroxyl groups excluding tert-OH is 2. The molecule has 1 aliphatic heterocycles. The van der Waals surface area contributed by atoms with Gasteiger partial charge < -0.3 is 10.2 Å². The summed E-state index contributed by atoms with van der Waals surface area (Å²) in [5.41, 5.74) is 1.02. The van der Waals surface area contributed by atoms with E-state index in [0.29, 0.717) is 24.1 Å². The summed E-state index contributed by atoms with van der Waals surface area (Å²) in [6, 6.07) is 19.5. The highest BCUT2D eigenvalue weighted by Gasteiger charge is 2.36. The summed E-state index contributed by atoms with van der Waals surface area (Å²) in [6.45, 7) is 0.180. The molecule has 0 unspecified atom stereocenters. The zero-order valence-corrected chi connectivity index (χ0v) is 16.2. The van der Waals surface area contributed by atoms with Crippen LogP contribution in [0.4, 0.5) is 0 Å². The third-order valence-electron chi connectivity index (χ3n) is 5.45. The molecule has 1 saturated heterocycles. The number of benzene rings is 3. The van der Waals surface area contributed by atoms with E-state index in [4.69, 9.17) is 0 Å². The van der Waals surface area contributed by atoms with Gasteiger partial charge in [0.1, 0.15) is 6.10 Å². The summed E-state index contributed by atoms with van der Waals surface area (Å²) < 4.78 is 28.0. The standard InChI is InChI=1S/C22H23NO4S/c24-15-17-9-6-14-23(17)28(26,27)21-13-4-3-11-20(21)22(25)19-12-5-8-16-7-1-2-10-18(16)19/h1-5,7-8,10-13,17,22,24-25H,6,9,14-15H2/t17-,22-/m0/s1. The van der Waals surface area contributed by atoms with E-state index in [1.54, 1.807) is 18.2 Å². The second kappa shape index (κ2) is 7.64. The van der Waals surface area contributed by atoms with Gasteiger partial charge in [0.15, 0.2) is 0 Å². The van der Waals surface area contributed by atoms with Crippen molar-refractivity contribution in [3.05, 3.63) is 77.9 Å². The Morgan fingerprint density at radius 2 is 1.64 bits per heavy atom. The molecule has 3 aromatic carbocycles. The quantitative estimate of drug-likeness (QED) is 0.694. The smallest absolute Gasteiger partial charge is 0.243 e. The van der Waals surface area contributed by atoms with Gasteiger partial charge in [0.25, 0.3) is 0 Å². The van der Waals surface area contributed by atoms with Crippen molar-refractivity contribution in [2.75, 3.05) is 13.2 Å². The van der Waals surface area contributed by atoms with Crippen LogP contribution in [0.5, 0.6) is 0 Å². The summed E-state index contributed by atoms with van der Waals surface area (Å²) in [5, 5.41) is 22.6. The fraction of sp³-hybridized carbons (Fsp3) is 0.273. The van der Waals surface area contributed by atoms with Crippen LogP contribution >= 0.6 is 0 Å². The SMILES string of the molecule is O=S(=O)(c1ccccc1[C@@H](O)c1cccc2ccccc12)N1CCC[C@H]1CO. The molecule has 0 bridgehead atoms. The monoisotopic (exact) mass is 397 g/mol. The maximum atomic E-state index is 13.3. The molecule has 0 aromatic heterocycles. The average Bonchev–Trinajstić information content (AvgIpc) is 3.23. The van der Waals surface area contributed by atoms with E-state index >= 15 is 0 Å². The Bertz CT molecular complexity index is 1090. The Balaban J connectivity index is 1.82. The largest absolute Gasteiger partial charge is 0.395 e. The normalized spacial score (nSPS) is 19.1. The van der Waals surface area contributed by atoms with Gasteiger partial charge >= 0.3 is 0 Å². The number of rotatable bonds is 5. The Kier molecular flexibility index (Phi) is 5.21. The molecule has 146 valence electrons. The Hall–Kier alpha value is -2.25. The molecule has 0 spiro atoms. The van der Waals surface area contributed by atoms with Crippen molar-refractivity contribution < 1.29 is 18.6 Å². The van der Waals surface area contributed by atoms with Crippen LogP contribution in [-0.2, 0) is 10.0 Å². The minimum atomic E-state index is -3.82. The van der Waals surface area contributed by atoms with Crippen LogP contribution in [0.2, 0.25) is 0 Å². The number of aliphatic hydroxyl groups is 2. The summed E-state index contributed by atoms with van der Waals surface area (Å²) in [4.78, 5) is 0.0933. The molecular weight excluding hydrogens is 374 g/mol. The molecule has 2 N–H and O–H groups in total. The highest BCUT2D eigenvalue weighted by Crippen LogP contribution is 2.35. The summed E-state index contributed by atoms with van der Waals surface area (Å²) in [6.07, 6.45) is 0.287. The van der Waals surface area contributed by atoms with Gasteiger partial charge in [0.05, 0.1) is 11.5 Å². The fourth-order valence-corrected chi connectivity index (χ4v) is 5.95. The van der Waals surface area contributed by atoms with Crippen molar-refractivity contribution in [2.45, 2.75) is 29.9 Å². The predicted octanol–water partition coefficient (Wildman–Crippen LogP) is 3.07. The fourth-order valence-electron chi connectivity index (χ4n) is 4.03. The van der Waals surface area contributed by atoms with E-state index in [1.807, 2.05) is 42.5 Å². The molecule has 0 saturated carbocycles. The molecule has 0 aliphatic carbocycles. The van der Waals surface area contributed by atoms with Gasteiger partial charge in [-0.2, -0.15) is 4.31 Å². The van der Waals surface area contributed by atoms with Crippen molar-refractivity contribution in [2.24, 2.45) is 0 Å². The minimum Gasteiger partial charge on any atom is -0.395 e. The van der Waals surface area contributed by atoms with E-state index in [1.165, 1.54) is 10.4 Å². The number of hydrogen-bond donors (Lipinski definition) is 2. The van der Waals surface area contributed by atoms with E-state index in [-0.39, 0.29) is 11.5 Å². The molecule has 28 heavy (non-hydrogen) atoms. The topological polar surface area (TPSA) is 77.8 Å². The van der Waals surface area contributed by atoms with Crippen LogP contribution < -0.4 is 0 Å². The molecule has 1 aliphatic rings. The van der Waals surface area contributed by atoms with Crippen molar-refractivity contribution in [1.82, 2.24) is 4.31 Å². The van der Waals surface area contributed by atoms with Gasteiger partial charge in [0.2, 0.25) is 10.0 Å². The number of fused-ring (bicyclic) bond motifs is 1. The van der Waals surface area contributed by atoms with Crippen LogP contribution in [0.1, 0.15) is 30.1 Å². The van der Waals surface area contributed by atoms with Crippen molar-refractivity contribution in [3.8, 4) is 0 Å². The lowest BCUT2D eigenvalue weighted by Gasteiger charge is -2.25. The Morgan fingerprint density at radius 1 is 0.964 bits per heavy atom. The number of nitrogens with zero attached hydrogens (tertiary/aromatic N) is 1. The number of hydrogen-bond acceptors (Lipinski definition) is 4. The van der Waals surface area contributed by atoms with Crippen LogP contribution in [0, 0.1) is 0 Å². The predicted molar refractivity (Wildman–Crippen MR) is 108 cm³/mol. The molecule has 0 amide bonds. The van der Waals surface area contributed by atoms with E-state index < -0.39 is 22.2 Å². The number of sulfonamides is 1. The van der Waals surface area contributed by atoms with Gasteiger partial charge in [-0.3, -0.25) is 0 Å². The molecule has 3 aromatic rings. The average molecular weight is 397 g/mol. The van der Waals surface area contributed by atoms with Crippen molar-refractivity contribution in [3.63, 3.8) is 0 Å². The molecule has 0 radical (unpaired) electrons. The van der Waals surface area contributed by atoms with E-state index in [2.05, 4.69) is 0 Å². The highest BCUT2D eigenvalue weighted by atomic mass is 32.2. The lowest BCUT2D eigenvalue weighted by molar-refractivity contribution is 0.210. The van der Waals surface area contributed by atoms with Crippen molar-refractivity contribution in [1.29, 1.82) is 0 Å². The molecule has 5 nitrogen and oxygen atoms in total. The summed E-state index contributed by atoms with van der Waals surface area (Å²) >= 11 is 0. The van der Waals surface area contributed by atoms with Crippen LogP contribution in [0.25, 0.3) is 10.8 Å². The first kappa shape index (κ1) is 19.1. The van der Waals surface area contributed by atoms with Gasteiger partial charge in [-0.15, -0.1) is 0 Å². The van der Waals surface area contributed by atoms with Crippen LogP contribution in [0.3, 0.4) is 0 Å². The van der Waals surface area contributed by atoms with Gasteiger partial charge in [-0.05, 0) is 35.2 Å². The first-order chi connectivity index (χ1) is 13.5. The summed E-state index contributed by atoms with van der Waals surface area (Å²) in [7, 11) is -3.82.